The normalized spacial score (nSPS) is 32.8. The third-order valence-electron chi connectivity index (χ3n) is 6.37. The fraction of sp³-hybridized carbons (Fsp3) is 0.480. The van der Waals surface area contributed by atoms with Crippen LogP contribution >= 0.6 is 0 Å². The highest BCUT2D eigenvalue weighted by Gasteiger charge is 2.47. The Bertz CT molecular complexity index is 1040. The van der Waals surface area contributed by atoms with Gasteiger partial charge in [0.1, 0.15) is 24.4 Å². The summed E-state index contributed by atoms with van der Waals surface area (Å²) in [5.41, 5.74) is 0.806. The Morgan fingerprint density at radius 3 is 2.57 bits per heavy atom. The molecular weight excluding hydrogens is 490 g/mol. The van der Waals surface area contributed by atoms with Gasteiger partial charge < -0.3 is 44.5 Å². The molecule has 1 aromatic heterocycles. The van der Waals surface area contributed by atoms with E-state index in [0.29, 0.717) is 5.56 Å². The number of aliphatic carboxylic acids is 1. The Hall–Kier alpha value is -3.13. The van der Waals surface area contributed by atoms with Crippen molar-refractivity contribution in [1.29, 1.82) is 0 Å². The summed E-state index contributed by atoms with van der Waals surface area (Å²) in [6, 6.07) is 2.66. The Morgan fingerprint density at radius 2 is 1.95 bits per heavy atom. The predicted octanol–water partition coefficient (Wildman–Crippen LogP) is -0.719. The third-order valence-corrected chi connectivity index (χ3v) is 6.37. The number of allylic oxidation sites excluding steroid dienone is 1. The van der Waals surface area contributed by atoms with Gasteiger partial charge in [0, 0.05) is 24.5 Å². The molecule has 0 radical (unpaired) electrons. The van der Waals surface area contributed by atoms with Crippen LogP contribution in [0.5, 0.6) is 0 Å². The molecule has 0 saturated carbocycles. The highest BCUT2D eigenvalue weighted by molar-refractivity contribution is 5.89. The van der Waals surface area contributed by atoms with Crippen LogP contribution in [-0.4, -0.2) is 88.2 Å². The van der Waals surface area contributed by atoms with Crippen molar-refractivity contribution in [3.05, 3.63) is 60.7 Å². The van der Waals surface area contributed by atoms with Gasteiger partial charge in [-0.05, 0) is 6.07 Å². The van der Waals surface area contributed by atoms with Crippen molar-refractivity contribution in [3.8, 4) is 0 Å². The molecule has 0 aliphatic carbocycles. The van der Waals surface area contributed by atoms with Crippen molar-refractivity contribution >= 4 is 18.0 Å². The number of esters is 1. The Balaban J connectivity index is 1.89. The molecule has 3 rings (SSSR count). The first kappa shape index (κ1) is 28.4. The summed E-state index contributed by atoms with van der Waals surface area (Å²) >= 11 is 0. The molecule has 3 heterocycles. The number of hydrogen-bond acceptors (Lipinski definition) is 10. The lowest BCUT2D eigenvalue weighted by Gasteiger charge is -2.42. The molecule has 9 atom stereocenters. The number of methoxy groups -OCH3 is 1. The second-order valence-corrected chi connectivity index (χ2v) is 8.70. The number of rotatable bonds is 9. The van der Waals surface area contributed by atoms with Crippen molar-refractivity contribution in [2.75, 3.05) is 13.7 Å². The van der Waals surface area contributed by atoms with E-state index in [1.807, 2.05) is 0 Å². The number of aliphatic hydroxyl groups excluding tert-OH is 4. The molecule has 1 saturated heterocycles. The van der Waals surface area contributed by atoms with Crippen LogP contribution in [0.1, 0.15) is 18.5 Å². The van der Waals surface area contributed by atoms with Gasteiger partial charge >= 0.3 is 11.9 Å². The monoisotopic (exact) mass is 522 g/mol. The zero-order valence-electron chi connectivity index (χ0n) is 20.4. The average Bonchev–Trinajstić information content (AvgIpc) is 2.91. The lowest BCUT2D eigenvalue weighted by atomic mass is 9.83. The number of aromatic nitrogens is 1. The van der Waals surface area contributed by atoms with Crippen LogP contribution in [0.25, 0.3) is 6.08 Å². The summed E-state index contributed by atoms with van der Waals surface area (Å²) in [5, 5.41) is 49.1. The topological polar surface area (TPSA) is 176 Å². The molecule has 1 fully saturated rings. The number of pyridine rings is 1. The highest BCUT2D eigenvalue weighted by atomic mass is 16.8. The second kappa shape index (κ2) is 12.4. The Labute approximate surface area is 213 Å². The molecule has 5 N–H and O–H groups in total. The smallest absolute Gasteiger partial charge is 0.373 e. The number of aliphatic hydroxyl groups is 4. The molecular formula is C25H32NO11+. The molecule has 1 aromatic rings. The lowest BCUT2D eigenvalue weighted by molar-refractivity contribution is -0.707. The minimum atomic E-state index is -1.65. The first-order valence-electron chi connectivity index (χ1n) is 11.6. The van der Waals surface area contributed by atoms with E-state index in [2.05, 4.69) is 6.58 Å². The predicted molar refractivity (Wildman–Crippen MR) is 125 cm³/mol. The number of carboxylic acids is 1. The van der Waals surface area contributed by atoms with Gasteiger partial charge in [-0.2, -0.15) is 4.57 Å². The molecule has 12 heteroatoms. The number of ether oxygens (including phenoxy) is 4. The van der Waals surface area contributed by atoms with E-state index in [-0.39, 0.29) is 5.57 Å². The summed E-state index contributed by atoms with van der Waals surface area (Å²) in [4.78, 5) is 23.8. The largest absolute Gasteiger partial charge is 0.476 e. The van der Waals surface area contributed by atoms with Crippen LogP contribution in [0.2, 0.25) is 0 Å². The van der Waals surface area contributed by atoms with Crippen LogP contribution < -0.4 is 4.57 Å². The number of carboxylic acid groups (broad SMARTS) is 1. The van der Waals surface area contributed by atoms with E-state index >= 15 is 0 Å². The van der Waals surface area contributed by atoms with Crippen molar-refractivity contribution in [3.63, 3.8) is 0 Å². The molecule has 2 aliphatic heterocycles. The molecule has 0 amide bonds. The average molecular weight is 523 g/mol. The number of nitrogens with zero attached hydrogens (tertiary/aromatic N) is 1. The fourth-order valence-corrected chi connectivity index (χ4v) is 4.11. The van der Waals surface area contributed by atoms with Crippen molar-refractivity contribution in [1.82, 2.24) is 0 Å². The van der Waals surface area contributed by atoms with Gasteiger partial charge in [-0.25, -0.2) is 9.59 Å². The SMILES string of the molecule is C=C[C@H]1[C@H](O[C@@H]2O[C@H](CO)[C@@H](O)[C@H](O)[C@H]2O)OC=C(C(=O)OC)[C@H]1/C=C/c1ccc[n+]([C@@H](C)C(=O)O)c1. The summed E-state index contributed by atoms with van der Waals surface area (Å²) in [6.45, 7) is 4.73. The maximum Gasteiger partial charge on any atom is 0.373 e. The Morgan fingerprint density at radius 1 is 1.22 bits per heavy atom. The lowest BCUT2D eigenvalue weighted by Crippen LogP contribution is -2.60. The molecule has 37 heavy (non-hydrogen) atoms. The number of hydrogen-bond donors (Lipinski definition) is 5. The Kier molecular flexibility index (Phi) is 9.54. The second-order valence-electron chi connectivity index (χ2n) is 8.70. The zero-order valence-corrected chi connectivity index (χ0v) is 20.4. The van der Waals surface area contributed by atoms with E-state index in [1.165, 1.54) is 17.8 Å². The van der Waals surface area contributed by atoms with Crippen molar-refractivity contribution in [2.45, 2.75) is 50.0 Å². The first-order chi connectivity index (χ1) is 17.6. The van der Waals surface area contributed by atoms with Gasteiger partial charge in [-0.3, -0.25) is 0 Å². The maximum atomic E-state index is 12.5. The van der Waals surface area contributed by atoms with Crippen molar-refractivity contribution < 1.29 is 58.6 Å². The summed E-state index contributed by atoms with van der Waals surface area (Å²) in [7, 11) is 1.22. The van der Waals surface area contributed by atoms with E-state index < -0.39 is 73.4 Å². The standard InChI is InChI=1S/C25H31NO11/c1-4-15-16(8-7-14-6-5-9-26(10-14)13(2)22(31)32)17(23(33)34-3)12-35-24(15)37-25-21(30)20(29)19(28)18(11-27)36-25/h4-10,12-13,15-16,18-21,24-25,27-30H,1,11H2,2-3H3/p+1/b8-7+/t13-,15+,16-,18+,19+,20-,21+,24-,25-/m0/s1. The van der Waals surface area contributed by atoms with Crippen LogP contribution in [0.4, 0.5) is 0 Å². The minimum Gasteiger partial charge on any atom is -0.476 e. The van der Waals surface area contributed by atoms with E-state index in [0.717, 1.165) is 6.26 Å². The van der Waals surface area contributed by atoms with Crippen LogP contribution in [0, 0.1) is 11.8 Å². The van der Waals surface area contributed by atoms with E-state index in [9.17, 15) is 35.1 Å². The third kappa shape index (κ3) is 6.24. The summed E-state index contributed by atoms with van der Waals surface area (Å²) in [5.74, 6) is -3.04. The molecule has 2 aliphatic rings. The number of carbonyl (C=O) groups is 2. The quantitative estimate of drug-likeness (QED) is 0.157. The van der Waals surface area contributed by atoms with Gasteiger partial charge in [0.25, 0.3) is 6.04 Å². The molecule has 0 bridgehead atoms. The van der Waals surface area contributed by atoms with E-state index in [1.54, 1.807) is 43.6 Å². The maximum absolute atomic E-state index is 12.5. The van der Waals surface area contributed by atoms with Crippen LogP contribution in [0.3, 0.4) is 0 Å². The summed E-state index contributed by atoms with van der Waals surface area (Å²) < 4.78 is 23.2. The van der Waals surface area contributed by atoms with E-state index in [4.69, 9.17) is 18.9 Å². The van der Waals surface area contributed by atoms with Gasteiger partial charge in [0.05, 0.1) is 31.5 Å². The molecule has 0 aromatic carbocycles. The van der Waals surface area contributed by atoms with Crippen molar-refractivity contribution in [2.24, 2.45) is 11.8 Å². The first-order valence-corrected chi connectivity index (χ1v) is 11.6. The van der Waals surface area contributed by atoms with Crippen LogP contribution in [-0.2, 0) is 28.5 Å². The van der Waals surface area contributed by atoms with Gasteiger partial charge in [-0.1, -0.05) is 18.2 Å². The van der Waals surface area contributed by atoms with Gasteiger partial charge in [0.2, 0.25) is 6.29 Å². The van der Waals surface area contributed by atoms with Gasteiger partial charge in [-0.15, -0.1) is 6.58 Å². The molecule has 202 valence electrons. The van der Waals surface area contributed by atoms with Gasteiger partial charge in [0.15, 0.2) is 18.7 Å². The molecule has 0 spiro atoms. The number of carbonyl (C=O) groups excluding carboxylic acids is 1. The fourth-order valence-electron chi connectivity index (χ4n) is 4.11. The molecule has 12 nitrogen and oxygen atoms in total. The highest BCUT2D eigenvalue weighted by Crippen LogP contribution is 2.36. The molecule has 0 unspecified atom stereocenters. The zero-order chi connectivity index (χ0) is 27.3. The van der Waals surface area contributed by atoms with Crippen LogP contribution in [0.15, 0.2) is 55.1 Å². The minimum absolute atomic E-state index is 0.153. The summed E-state index contributed by atoms with van der Waals surface area (Å²) in [6.07, 6.45) is 0.656.